The van der Waals surface area contributed by atoms with E-state index in [4.69, 9.17) is 5.11 Å². The normalized spacial score (nSPS) is 10.3. The van der Waals surface area contributed by atoms with Crippen LogP contribution in [0, 0.1) is 22.9 Å². The van der Waals surface area contributed by atoms with Crippen LogP contribution in [0.2, 0.25) is 0 Å². The number of carbonyl (C=O) groups is 1. The lowest BCUT2D eigenvalue weighted by atomic mass is 10.1. The van der Waals surface area contributed by atoms with Crippen LogP contribution in [0.5, 0.6) is 0 Å². The van der Waals surface area contributed by atoms with Gasteiger partial charge in [0.15, 0.2) is 0 Å². The summed E-state index contributed by atoms with van der Waals surface area (Å²) < 4.78 is 13.9. The van der Waals surface area contributed by atoms with E-state index in [-0.39, 0.29) is 36.5 Å². The second kappa shape index (κ2) is 6.24. The average Bonchev–Trinajstić information content (AvgIpc) is 2.37. The van der Waals surface area contributed by atoms with Gasteiger partial charge in [-0.3, -0.25) is 14.9 Å². The van der Waals surface area contributed by atoms with E-state index in [1.807, 2.05) is 0 Å². The standard InChI is InChI=1S/C12H15FN2O4/c1-3-14(4-5-16)12(17)10-7-9(15(18)19)6-8(2)11(10)13/h6-7,16H,3-5H2,1-2H3. The fourth-order valence-electron chi connectivity index (χ4n) is 1.71. The van der Waals surface area contributed by atoms with Crippen LogP contribution in [-0.2, 0) is 0 Å². The minimum atomic E-state index is -0.771. The number of benzene rings is 1. The number of aryl methyl sites for hydroxylation is 1. The molecule has 1 rings (SSSR count). The summed E-state index contributed by atoms with van der Waals surface area (Å²) in [6.45, 7) is 3.11. The molecule has 0 aliphatic heterocycles. The molecule has 0 heterocycles. The number of non-ortho nitro benzene ring substituents is 1. The van der Waals surface area contributed by atoms with Gasteiger partial charge in [-0.05, 0) is 19.4 Å². The zero-order chi connectivity index (χ0) is 14.6. The molecule has 0 aromatic heterocycles. The van der Waals surface area contributed by atoms with E-state index in [0.29, 0.717) is 0 Å². The SMILES string of the molecule is CCN(CCO)C(=O)c1cc([N+](=O)[O-])cc(C)c1F. The van der Waals surface area contributed by atoms with Crippen molar-refractivity contribution in [3.63, 3.8) is 0 Å². The predicted octanol–water partition coefficient (Wildman–Crippen LogP) is 1.50. The molecule has 1 N–H and O–H groups in total. The zero-order valence-electron chi connectivity index (χ0n) is 10.7. The first-order valence-corrected chi connectivity index (χ1v) is 5.77. The predicted molar refractivity (Wildman–Crippen MR) is 66.5 cm³/mol. The second-order valence-electron chi connectivity index (χ2n) is 3.99. The van der Waals surface area contributed by atoms with Crippen molar-refractivity contribution < 1.29 is 19.2 Å². The lowest BCUT2D eigenvalue weighted by Gasteiger charge is -2.20. The Morgan fingerprint density at radius 3 is 2.63 bits per heavy atom. The highest BCUT2D eigenvalue weighted by Gasteiger charge is 2.22. The summed E-state index contributed by atoms with van der Waals surface area (Å²) in [5, 5.41) is 19.6. The molecule has 1 amide bonds. The summed E-state index contributed by atoms with van der Waals surface area (Å²) in [7, 11) is 0. The number of halogens is 1. The number of hydrogen-bond donors (Lipinski definition) is 1. The van der Waals surface area contributed by atoms with Crippen molar-refractivity contribution in [2.45, 2.75) is 13.8 Å². The van der Waals surface area contributed by atoms with Crippen LogP contribution in [0.4, 0.5) is 10.1 Å². The van der Waals surface area contributed by atoms with Crippen molar-refractivity contribution in [2.24, 2.45) is 0 Å². The molecule has 0 unspecified atom stereocenters. The number of hydrogen-bond acceptors (Lipinski definition) is 4. The van der Waals surface area contributed by atoms with Crippen molar-refractivity contribution in [2.75, 3.05) is 19.7 Å². The molecular weight excluding hydrogens is 255 g/mol. The van der Waals surface area contributed by atoms with Crippen LogP contribution in [0.25, 0.3) is 0 Å². The molecule has 1 aromatic rings. The van der Waals surface area contributed by atoms with Gasteiger partial charge >= 0.3 is 0 Å². The van der Waals surface area contributed by atoms with Gasteiger partial charge in [0.2, 0.25) is 0 Å². The van der Waals surface area contributed by atoms with Gasteiger partial charge in [0.25, 0.3) is 11.6 Å². The van der Waals surface area contributed by atoms with Gasteiger partial charge in [0, 0.05) is 25.2 Å². The lowest BCUT2D eigenvalue weighted by Crippen LogP contribution is -2.34. The van der Waals surface area contributed by atoms with E-state index in [0.717, 1.165) is 12.1 Å². The Morgan fingerprint density at radius 1 is 1.53 bits per heavy atom. The van der Waals surface area contributed by atoms with Crippen molar-refractivity contribution >= 4 is 11.6 Å². The maximum Gasteiger partial charge on any atom is 0.270 e. The fraction of sp³-hybridized carbons (Fsp3) is 0.417. The fourth-order valence-corrected chi connectivity index (χ4v) is 1.71. The third kappa shape index (κ3) is 3.25. The summed E-state index contributed by atoms with van der Waals surface area (Å²) in [6, 6.07) is 2.00. The van der Waals surface area contributed by atoms with Crippen molar-refractivity contribution in [3.05, 3.63) is 39.2 Å². The molecule has 0 saturated carbocycles. The van der Waals surface area contributed by atoms with Crippen LogP contribution in [-0.4, -0.2) is 40.5 Å². The van der Waals surface area contributed by atoms with E-state index in [1.54, 1.807) is 6.92 Å². The number of aliphatic hydroxyl groups is 1. The van der Waals surface area contributed by atoms with E-state index < -0.39 is 16.6 Å². The first-order chi connectivity index (χ1) is 8.92. The molecule has 0 atom stereocenters. The Kier molecular flexibility index (Phi) is 4.94. The number of rotatable bonds is 5. The molecule has 6 nitrogen and oxygen atoms in total. The highest BCUT2D eigenvalue weighted by atomic mass is 19.1. The average molecular weight is 270 g/mol. The zero-order valence-corrected chi connectivity index (χ0v) is 10.7. The van der Waals surface area contributed by atoms with Gasteiger partial charge in [-0.2, -0.15) is 0 Å². The molecule has 7 heteroatoms. The molecule has 19 heavy (non-hydrogen) atoms. The number of nitro benzene ring substituents is 1. The van der Waals surface area contributed by atoms with Crippen molar-refractivity contribution in [1.82, 2.24) is 4.90 Å². The molecule has 1 aromatic carbocycles. The number of carbonyl (C=O) groups excluding carboxylic acids is 1. The summed E-state index contributed by atoms with van der Waals surface area (Å²) in [4.78, 5) is 23.3. The summed E-state index contributed by atoms with van der Waals surface area (Å²) in [5.41, 5.74) is -0.637. The largest absolute Gasteiger partial charge is 0.395 e. The Hall–Kier alpha value is -2.02. The van der Waals surface area contributed by atoms with Crippen LogP contribution >= 0.6 is 0 Å². The number of nitro groups is 1. The second-order valence-corrected chi connectivity index (χ2v) is 3.99. The number of likely N-dealkylation sites (N-methyl/N-ethyl adjacent to an activating group) is 1. The van der Waals surface area contributed by atoms with Gasteiger partial charge < -0.3 is 10.0 Å². The van der Waals surface area contributed by atoms with Crippen LogP contribution in [0.3, 0.4) is 0 Å². The Labute approximate surface area is 109 Å². The molecule has 0 aliphatic carbocycles. The van der Waals surface area contributed by atoms with Gasteiger partial charge in [0.05, 0.1) is 17.1 Å². The van der Waals surface area contributed by atoms with Crippen LogP contribution < -0.4 is 0 Å². The Balaban J connectivity index is 3.25. The van der Waals surface area contributed by atoms with Gasteiger partial charge in [-0.25, -0.2) is 4.39 Å². The molecule has 0 fully saturated rings. The first kappa shape index (κ1) is 15.0. The maximum absolute atomic E-state index is 13.9. The van der Waals surface area contributed by atoms with E-state index in [9.17, 15) is 19.3 Å². The summed E-state index contributed by atoms with van der Waals surface area (Å²) >= 11 is 0. The minimum absolute atomic E-state index is 0.0394. The Bertz CT molecular complexity index is 505. The highest BCUT2D eigenvalue weighted by Crippen LogP contribution is 2.22. The van der Waals surface area contributed by atoms with E-state index in [1.165, 1.54) is 11.8 Å². The highest BCUT2D eigenvalue weighted by molar-refractivity contribution is 5.95. The topological polar surface area (TPSA) is 83.7 Å². The smallest absolute Gasteiger partial charge is 0.270 e. The summed E-state index contributed by atoms with van der Waals surface area (Å²) in [5.74, 6) is -1.44. The monoisotopic (exact) mass is 270 g/mol. The lowest BCUT2D eigenvalue weighted by molar-refractivity contribution is -0.385. The molecule has 0 radical (unpaired) electrons. The maximum atomic E-state index is 13.9. The molecule has 0 saturated heterocycles. The minimum Gasteiger partial charge on any atom is -0.395 e. The summed E-state index contributed by atoms with van der Waals surface area (Å²) in [6.07, 6.45) is 0. The van der Waals surface area contributed by atoms with Crippen molar-refractivity contribution in [3.8, 4) is 0 Å². The third-order valence-corrected chi connectivity index (χ3v) is 2.72. The molecular formula is C12H15FN2O4. The number of amides is 1. The molecule has 0 spiro atoms. The van der Waals surface area contributed by atoms with Crippen LogP contribution in [0.1, 0.15) is 22.8 Å². The van der Waals surface area contributed by atoms with Crippen LogP contribution in [0.15, 0.2) is 12.1 Å². The molecule has 0 bridgehead atoms. The van der Waals surface area contributed by atoms with E-state index >= 15 is 0 Å². The van der Waals surface area contributed by atoms with Gasteiger partial charge in [0.1, 0.15) is 5.82 Å². The Morgan fingerprint density at radius 2 is 2.16 bits per heavy atom. The third-order valence-electron chi connectivity index (χ3n) is 2.72. The number of aliphatic hydroxyl groups excluding tert-OH is 1. The molecule has 0 aliphatic rings. The molecule has 104 valence electrons. The first-order valence-electron chi connectivity index (χ1n) is 5.77. The van der Waals surface area contributed by atoms with Gasteiger partial charge in [-0.15, -0.1) is 0 Å². The number of nitrogens with zero attached hydrogens (tertiary/aromatic N) is 2. The van der Waals surface area contributed by atoms with Crippen molar-refractivity contribution in [1.29, 1.82) is 0 Å². The van der Waals surface area contributed by atoms with E-state index in [2.05, 4.69) is 0 Å². The van der Waals surface area contributed by atoms with Gasteiger partial charge in [-0.1, -0.05) is 0 Å². The quantitative estimate of drug-likeness (QED) is 0.649.